The van der Waals surface area contributed by atoms with Gasteiger partial charge in [-0.3, -0.25) is 4.79 Å². The van der Waals surface area contributed by atoms with Crippen molar-refractivity contribution in [3.05, 3.63) is 41.5 Å². The minimum Gasteiger partial charge on any atom is -0.484 e. The summed E-state index contributed by atoms with van der Waals surface area (Å²) in [6.07, 6.45) is 4.56. The second-order valence-electron chi connectivity index (χ2n) is 5.50. The van der Waals surface area contributed by atoms with Gasteiger partial charge < -0.3 is 14.6 Å². The smallest absolute Gasteiger partial charge is 0.264 e. The highest BCUT2D eigenvalue weighted by Gasteiger charge is 2.17. The fourth-order valence-corrected chi connectivity index (χ4v) is 2.59. The van der Waals surface area contributed by atoms with Gasteiger partial charge in [0.2, 0.25) is 0 Å². The number of ether oxygens (including phenoxy) is 1. The second kappa shape index (κ2) is 6.60. The zero-order chi connectivity index (χ0) is 15.4. The number of carbonyl (C=O) groups excluding carboxylic acids is 1. The molecule has 116 valence electrons. The summed E-state index contributed by atoms with van der Waals surface area (Å²) in [5.74, 6) is 1.65. The lowest BCUT2D eigenvalue weighted by Gasteiger charge is -2.12. The number of benzene rings is 1. The topological polar surface area (TPSA) is 77.2 Å². The normalized spacial score (nSPS) is 15.0. The molecule has 1 aliphatic rings. The first-order valence-electron chi connectivity index (χ1n) is 7.53. The maximum Gasteiger partial charge on any atom is 0.264 e. The SMILES string of the molecule is Cc1noc(COc2ccc(C(=O)NC3CCCC3)cc2)n1. The first-order valence-corrected chi connectivity index (χ1v) is 7.53. The zero-order valence-electron chi connectivity index (χ0n) is 12.5. The summed E-state index contributed by atoms with van der Waals surface area (Å²) >= 11 is 0. The van der Waals surface area contributed by atoms with Gasteiger partial charge in [0, 0.05) is 11.6 Å². The van der Waals surface area contributed by atoms with Gasteiger partial charge in [-0.05, 0) is 44.0 Å². The average molecular weight is 301 g/mol. The van der Waals surface area contributed by atoms with E-state index in [9.17, 15) is 4.79 Å². The van der Waals surface area contributed by atoms with E-state index in [-0.39, 0.29) is 12.5 Å². The van der Waals surface area contributed by atoms with Gasteiger partial charge in [-0.15, -0.1) is 0 Å². The summed E-state index contributed by atoms with van der Waals surface area (Å²) < 4.78 is 10.5. The molecule has 1 aromatic carbocycles. The van der Waals surface area contributed by atoms with Crippen LogP contribution >= 0.6 is 0 Å². The highest BCUT2D eigenvalue weighted by molar-refractivity contribution is 5.94. The van der Waals surface area contributed by atoms with Gasteiger partial charge in [0.1, 0.15) is 5.75 Å². The van der Waals surface area contributed by atoms with Crippen molar-refractivity contribution >= 4 is 5.91 Å². The van der Waals surface area contributed by atoms with E-state index in [0.29, 0.717) is 29.1 Å². The quantitative estimate of drug-likeness (QED) is 0.918. The molecule has 6 heteroatoms. The van der Waals surface area contributed by atoms with Crippen LogP contribution in [-0.4, -0.2) is 22.1 Å². The van der Waals surface area contributed by atoms with Gasteiger partial charge in [0.25, 0.3) is 11.8 Å². The highest BCUT2D eigenvalue weighted by atomic mass is 16.5. The first kappa shape index (κ1) is 14.6. The lowest BCUT2D eigenvalue weighted by atomic mass is 10.1. The number of hydrogen-bond acceptors (Lipinski definition) is 5. The molecular weight excluding hydrogens is 282 g/mol. The molecule has 1 aliphatic carbocycles. The van der Waals surface area contributed by atoms with Crippen LogP contribution in [0.25, 0.3) is 0 Å². The number of carbonyl (C=O) groups is 1. The predicted molar refractivity (Wildman–Crippen MR) is 79.5 cm³/mol. The summed E-state index contributed by atoms with van der Waals surface area (Å²) in [6.45, 7) is 1.97. The Morgan fingerprint density at radius 1 is 1.32 bits per heavy atom. The van der Waals surface area contributed by atoms with Gasteiger partial charge >= 0.3 is 0 Å². The van der Waals surface area contributed by atoms with Gasteiger partial charge in [-0.1, -0.05) is 18.0 Å². The molecule has 0 aliphatic heterocycles. The molecule has 2 aromatic rings. The Morgan fingerprint density at radius 3 is 2.68 bits per heavy atom. The van der Waals surface area contributed by atoms with Crippen LogP contribution in [0.1, 0.15) is 47.8 Å². The summed E-state index contributed by atoms with van der Waals surface area (Å²) in [4.78, 5) is 16.2. The molecule has 1 amide bonds. The molecule has 3 rings (SSSR count). The van der Waals surface area contributed by atoms with E-state index in [1.165, 1.54) is 12.8 Å². The number of nitrogens with zero attached hydrogens (tertiary/aromatic N) is 2. The molecule has 0 atom stereocenters. The molecule has 0 spiro atoms. The summed E-state index contributed by atoms with van der Waals surface area (Å²) in [7, 11) is 0. The van der Waals surface area contributed by atoms with E-state index < -0.39 is 0 Å². The summed E-state index contributed by atoms with van der Waals surface area (Å²) in [5, 5.41) is 6.76. The molecule has 1 heterocycles. The lowest BCUT2D eigenvalue weighted by Crippen LogP contribution is -2.32. The number of aromatic nitrogens is 2. The molecule has 1 N–H and O–H groups in total. The number of nitrogens with one attached hydrogen (secondary N) is 1. The van der Waals surface area contributed by atoms with E-state index in [0.717, 1.165) is 12.8 Å². The molecule has 1 aromatic heterocycles. The van der Waals surface area contributed by atoms with E-state index in [4.69, 9.17) is 9.26 Å². The van der Waals surface area contributed by atoms with Gasteiger partial charge in [-0.25, -0.2) is 0 Å². The standard InChI is InChI=1S/C16H19N3O3/c1-11-17-15(22-19-11)10-21-14-8-6-12(7-9-14)16(20)18-13-4-2-3-5-13/h6-9,13H,2-5,10H2,1H3,(H,18,20). The number of aryl methyl sites for hydroxylation is 1. The fourth-order valence-electron chi connectivity index (χ4n) is 2.59. The molecule has 0 radical (unpaired) electrons. The molecule has 22 heavy (non-hydrogen) atoms. The fraction of sp³-hybridized carbons (Fsp3) is 0.438. The number of hydrogen-bond donors (Lipinski definition) is 1. The lowest BCUT2D eigenvalue weighted by molar-refractivity contribution is 0.0938. The molecule has 1 fully saturated rings. The average Bonchev–Trinajstić information content (AvgIpc) is 3.17. The number of amides is 1. The monoisotopic (exact) mass is 301 g/mol. The highest BCUT2D eigenvalue weighted by Crippen LogP contribution is 2.19. The van der Waals surface area contributed by atoms with Gasteiger partial charge in [0.15, 0.2) is 12.4 Å². The van der Waals surface area contributed by atoms with Gasteiger partial charge in [-0.2, -0.15) is 4.98 Å². The molecule has 1 saturated carbocycles. The van der Waals surface area contributed by atoms with Crippen molar-refractivity contribution in [3.8, 4) is 5.75 Å². The Labute approximate surface area is 128 Å². The van der Waals surface area contributed by atoms with Crippen molar-refractivity contribution in [1.29, 1.82) is 0 Å². The van der Waals surface area contributed by atoms with Crippen molar-refractivity contribution in [2.75, 3.05) is 0 Å². The van der Waals surface area contributed by atoms with Crippen LogP contribution in [0.2, 0.25) is 0 Å². The van der Waals surface area contributed by atoms with Crippen LogP contribution in [0.15, 0.2) is 28.8 Å². The first-order chi connectivity index (χ1) is 10.7. The van der Waals surface area contributed by atoms with Crippen molar-refractivity contribution in [1.82, 2.24) is 15.5 Å². The predicted octanol–water partition coefficient (Wildman–Crippen LogP) is 2.63. The third-order valence-corrected chi connectivity index (χ3v) is 3.74. The third-order valence-electron chi connectivity index (χ3n) is 3.74. The van der Waals surface area contributed by atoms with Crippen molar-refractivity contribution in [3.63, 3.8) is 0 Å². The second-order valence-corrected chi connectivity index (χ2v) is 5.50. The van der Waals surface area contributed by atoms with Crippen LogP contribution in [0.5, 0.6) is 5.75 Å². The largest absolute Gasteiger partial charge is 0.484 e. The van der Waals surface area contributed by atoms with Crippen LogP contribution < -0.4 is 10.1 Å². The van der Waals surface area contributed by atoms with E-state index in [1.54, 1.807) is 31.2 Å². The Kier molecular flexibility index (Phi) is 4.37. The molecule has 0 unspecified atom stereocenters. The van der Waals surface area contributed by atoms with E-state index in [2.05, 4.69) is 15.5 Å². The minimum atomic E-state index is -0.0222. The maximum absolute atomic E-state index is 12.1. The summed E-state index contributed by atoms with van der Waals surface area (Å²) in [6, 6.07) is 7.39. The van der Waals surface area contributed by atoms with Crippen molar-refractivity contribution < 1.29 is 14.1 Å². The molecule has 0 bridgehead atoms. The molecular formula is C16H19N3O3. The van der Waals surface area contributed by atoms with Crippen LogP contribution in [-0.2, 0) is 6.61 Å². The van der Waals surface area contributed by atoms with Crippen molar-refractivity contribution in [2.45, 2.75) is 45.3 Å². The Balaban J connectivity index is 1.54. The van der Waals surface area contributed by atoms with E-state index in [1.807, 2.05) is 0 Å². The summed E-state index contributed by atoms with van der Waals surface area (Å²) in [5.41, 5.74) is 0.646. The van der Waals surface area contributed by atoms with Crippen molar-refractivity contribution in [2.24, 2.45) is 0 Å². The Bertz CT molecular complexity index is 630. The van der Waals surface area contributed by atoms with E-state index >= 15 is 0 Å². The zero-order valence-corrected chi connectivity index (χ0v) is 12.5. The van der Waals surface area contributed by atoms with Gasteiger partial charge in [0.05, 0.1) is 0 Å². The number of rotatable bonds is 5. The van der Waals surface area contributed by atoms with Crippen LogP contribution in [0, 0.1) is 6.92 Å². The van der Waals surface area contributed by atoms with Crippen LogP contribution in [0.3, 0.4) is 0 Å². The minimum absolute atomic E-state index is 0.0222. The third kappa shape index (κ3) is 3.63. The Morgan fingerprint density at radius 2 is 2.05 bits per heavy atom. The maximum atomic E-state index is 12.1. The molecule has 0 saturated heterocycles. The molecule has 6 nitrogen and oxygen atoms in total. The Hall–Kier alpha value is -2.37. The van der Waals surface area contributed by atoms with Crippen LogP contribution in [0.4, 0.5) is 0 Å².